The third kappa shape index (κ3) is 5.49. The SMILES string of the molecule is CCCC(CC1CC(=O)c2c(ccc(C(C)=O)c2C)C1)C(CC)C(=O)CC(C)=O. The molecular formula is C25H34O4. The molecule has 0 bridgehead atoms. The van der Waals surface area contributed by atoms with Gasteiger partial charge in [-0.05, 0) is 63.0 Å². The van der Waals surface area contributed by atoms with E-state index in [-0.39, 0.29) is 47.3 Å². The monoisotopic (exact) mass is 398 g/mol. The molecule has 158 valence electrons. The predicted octanol–water partition coefficient (Wildman–Crippen LogP) is 5.32. The van der Waals surface area contributed by atoms with Crippen LogP contribution in [0, 0.1) is 24.7 Å². The second-order valence-electron chi connectivity index (χ2n) is 8.67. The molecule has 0 radical (unpaired) electrons. The van der Waals surface area contributed by atoms with Crippen molar-refractivity contribution in [1.82, 2.24) is 0 Å². The van der Waals surface area contributed by atoms with E-state index in [1.165, 1.54) is 13.8 Å². The number of carbonyl (C=O) groups excluding carboxylic acids is 4. The van der Waals surface area contributed by atoms with Crippen LogP contribution in [0.3, 0.4) is 0 Å². The van der Waals surface area contributed by atoms with Gasteiger partial charge in [-0.3, -0.25) is 19.2 Å². The zero-order valence-corrected chi connectivity index (χ0v) is 18.5. The van der Waals surface area contributed by atoms with Crippen LogP contribution in [0.5, 0.6) is 0 Å². The van der Waals surface area contributed by atoms with E-state index in [0.29, 0.717) is 12.0 Å². The van der Waals surface area contributed by atoms with Crippen LogP contribution in [-0.4, -0.2) is 23.1 Å². The molecule has 29 heavy (non-hydrogen) atoms. The normalized spacial score (nSPS) is 18.1. The van der Waals surface area contributed by atoms with E-state index in [2.05, 4.69) is 6.92 Å². The molecule has 1 aliphatic rings. The van der Waals surface area contributed by atoms with E-state index in [4.69, 9.17) is 0 Å². The lowest BCUT2D eigenvalue weighted by Crippen LogP contribution is -2.30. The molecule has 0 fully saturated rings. The molecule has 2 rings (SSSR count). The fourth-order valence-electron chi connectivity index (χ4n) is 5.10. The summed E-state index contributed by atoms with van der Waals surface area (Å²) >= 11 is 0. The van der Waals surface area contributed by atoms with Crippen molar-refractivity contribution in [3.05, 3.63) is 34.4 Å². The Morgan fingerprint density at radius 2 is 1.79 bits per heavy atom. The van der Waals surface area contributed by atoms with Crippen molar-refractivity contribution in [2.45, 2.75) is 79.6 Å². The molecule has 0 N–H and O–H groups in total. The summed E-state index contributed by atoms with van der Waals surface area (Å²) in [5.74, 6) is 0.345. The molecule has 1 aliphatic carbocycles. The molecule has 3 unspecified atom stereocenters. The highest BCUT2D eigenvalue weighted by molar-refractivity contribution is 6.04. The summed E-state index contributed by atoms with van der Waals surface area (Å²) < 4.78 is 0. The number of hydrogen-bond acceptors (Lipinski definition) is 4. The van der Waals surface area contributed by atoms with Crippen LogP contribution in [0.15, 0.2) is 12.1 Å². The minimum absolute atomic E-state index is 0.0121. The quantitative estimate of drug-likeness (QED) is 0.395. The molecule has 0 saturated heterocycles. The van der Waals surface area contributed by atoms with Crippen LogP contribution in [0.25, 0.3) is 0 Å². The maximum atomic E-state index is 12.9. The standard InChI is InChI=1S/C25H34O4/c1-6-8-19(21(7-2)23(28)11-15(3)26)12-18-13-20-9-10-22(17(5)27)16(4)25(20)24(29)14-18/h9-10,18-19,21H,6-8,11-14H2,1-5H3. The largest absolute Gasteiger partial charge is 0.300 e. The highest BCUT2D eigenvalue weighted by atomic mass is 16.1. The maximum Gasteiger partial charge on any atom is 0.163 e. The average molecular weight is 399 g/mol. The Labute approximate surface area is 174 Å². The number of ketones is 4. The van der Waals surface area contributed by atoms with Gasteiger partial charge in [-0.2, -0.15) is 0 Å². The van der Waals surface area contributed by atoms with Crippen molar-refractivity contribution in [2.75, 3.05) is 0 Å². The first kappa shape index (κ1) is 23.2. The zero-order valence-electron chi connectivity index (χ0n) is 18.5. The second kappa shape index (κ2) is 10.1. The van der Waals surface area contributed by atoms with Crippen LogP contribution in [0.2, 0.25) is 0 Å². The van der Waals surface area contributed by atoms with Gasteiger partial charge >= 0.3 is 0 Å². The molecule has 4 nitrogen and oxygen atoms in total. The zero-order chi connectivity index (χ0) is 21.7. The minimum Gasteiger partial charge on any atom is -0.300 e. The van der Waals surface area contributed by atoms with Crippen molar-refractivity contribution in [3.63, 3.8) is 0 Å². The van der Waals surface area contributed by atoms with E-state index in [1.807, 2.05) is 26.0 Å². The number of benzene rings is 1. The fraction of sp³-hybridized carbons (Fsp3) is 0.600. The molecule has 0 saturated carbocycles. The number of rotatable bonds is 10. The highest BCUT2D eigenvalue weighted by Gasteiger charge is 2.33. The highest BCUT2D eigenvalue weighted by Crippen LogP contribution is 2.37. The van der Waals surface area contributed by atoms with Gasteiger partial charge in [-0.25, -0.2) is 0 Å². The first-order valence-electron chi connectivity index (χ1n) is 10.9. The van der Waals surface area contributed by atoms with Gasteiger partial charge in [0.05, 0.1) is 6.42 Å². The van der Waals surface area contributed by atoms with Crippen LogP contribution < -0.4 is 0 Å². The summed E-state index contributed by atoms with van der Waals surface area (Å²) in [6.45, 7) is 8.99. The molecule has 0 amide bonds. The lowest BCUT2D eigenvalue weighted by atomic mass is 9.72. The lowest BCUT2D eigenvalue weighted by Gasteiger charge is -2.32. The van der Waals surface area contributed by atoms with E-state index in [1.54, 1.807) is 0 Å². The van der Waals surface area contributed by atoms with Crippen molar-refractivity contribution in [2.24, 2.45) is 17.8 Å². The molecular weight excluding hydrogens is 364 g/mol. The van der Waals surface area contributed by atoms with Gasteiger partial charge in [0.15, 0.2) is 11.6 Å². The van der Waals surface area contributed by atoms with E-state index < -0.39 is 0 Å². The van der Waals surface area contributed by atoms with Crippen LogP contribution in [0.1, 0.15) is 98.1 Å². The number of hydrogen-bond donors (Lipinski definition) is 0. The van der Waals surface area contributed by atoms with Gasteiger partial charge < -0.3 is 0 Å². The summed E-state index contributed by atoms with van der Waals surface area (Å²) in [7, 11) is 0. The van der Waals surface area contributed by atoms with Crippen LogP contribution in [-0.2, 0) is 16.0 Å². The average Bonchev–Trinajstić information content (AvgIpc) is 2.61. The Bertz CT molecular complexity index is 805. The number of carbonyl (C=O) groups is 4. The Balaban J connectivity index is 2.23. The smallest absolute Gasteiger partial charge is 0.163 e. The number of Topliss-reactive ketones (excluding diaryl/α,β-unsaturated/α-hetero) is 4. The third-order valence-corrected chi connectivity index (χ3v) is 6.33. The Hall–Kier alpha value is -2.10. The molecule has 1 aromatic rings. The molecule has 0 aliphatic heterocycles. The summed E-state index contributed by atoms with van der Waals surface area (Å²) in [5, 5.41) is 0. The van der Waals surface area contributed by atoms with Gasteiger partial charge in [-0.1, -0.05) is 38.8 Å². The fourth-order valence-corrected chi connectivity index (χ4v) is 5.10. The molecule has 0 heterocycles. The summed E-state index contributed by atoms with van der Waals surface area (Å²) in [6, 6.07) is 3.76. The maximum absolute atomic E-state index is 12.9. The Kier molecular flexibility index (Phi) is 8.06. The van der Waals surface area contributed by atoms with Crippen molar-refractivity contribution in [1.29, 1.82) is 0 Å². The second-order valence-corrected chi connectivity index (χ2v) is 8.67. The van der Waals surface area contributed by atoms with Crippen LogP contribution in [0.4, 0.5) is 0 Å². The third-order valence-electron chi connectivity index (χ3n) is 6.33. The van der Waals surface area contributed by atoms with Crippen molar-refractivity contribution >= 4 is 23.1 Å². The van der Waals surface area contributed by atoms with Gasteiger partial charge in [0, 0.05) is 23.5 Å². The Morgan fingerprint density at radius 3 is 2.34 bits per heavy atom. The summed E-state index contributed by atoms with van der Waals surface area (Å²) in [5.41, 5.74) is 3.17. The lowest BCUT2D eigenvalue weighted by molar-refractivity contribution is -0.129. The van der Waals surface area contributed by atoms with Crippen molar-refractivity contribution in [3.8, 4) is 0 Å². The van der Waals surface area contributed by atoms with Crippen LogP contribution >= 0.6 is 0 Å². The summed E-state index contributed by atoms with van der Waals surface area (Å²) in [4.78, 5) is 48.8. The predicted molar refractivity (Wildman–Crippen MR) is 114 cm³/mol. The van der Waals surface area contributed by atoms with Crippen molar-refractivity contribution < 1.29 is 19.2 Å². The van der Waals surface area contributed by atoms with Gasteiger partial charge in [-0.15, -0.1) is 0 Å². The first-order chi connectivity index (χ1) is 13.7. The van der Waals surface area contributed by atoms with E-state index in [0.717, 1.165) is 48.8 Å². The molecule has 0 spiro atoms. The van der Waals surface area contributed by atoms with Gasteiger partial charge in [0.1, 0.15) is 11.6 Å². The topological polar surface area (TPSA) is 68.3 Å². The number of fused-ring (bicyclic) bond motifs is 1. The molecule has 1 aromatic carbocycles. The van der Waals surface area contributed by atoms with E-state index >= 15 is 0 Å². The van der Waals surface area contributed by atoms with E-state index in [9.17, 15) is 19.2 Å². The Morgan fingerprint density at radius 1 is 1.10 bits per heavy atom. The first-order valence-corrected chi connectivity index (χ1v) is 10.9. The van der Waals surface area contributed by atoms with Gasteiger partial charge in [0.2, 0.25) is 0 Å². The van der Waals surface area contributed by atoms with Gasteiger partial charge in [0.25, 0.3) is 0 Å². The minimum atomic E-state index is -0.114. The molecule has 4 heteroatoms. The summed E-state index contributed by atoms with van der Waals surface area (Å²) in [6.07, 6.45) is 4.75. The molecule has 3 atom stereocenters. The molecule has 0 aromatic heterocycles.